The van der Waals surface area contributed by atoms with Crippen LogP contribution >= 0.6 is 11.3 Å². The second-order valence-electron chi connectivity index (χ2n) is 9.11. The largest absolute Gasteiger partial charge is 0.378 e. The van der Waals surface area contributed by atoms with Gasteiger partial charge in [-0.1, -0.05) is 0 Å². The van der Waals surface area contributed by atoms with Gasteiger partial charge in [0.05, 0.1) is 35.6 Å². The number of fused-ring (bicyclic) bond motifs is 5. The molecule has 2 fully saturated rings. The lowest BCUT2D eigenvalue weighted by atomic mass is 9.90. The van der Waals surface area contributed by atoms with Gasteiger partial charge in [-0.15, -0.1) is 11.3 Å². The minimum absolute atomic E-state index is 0.198. The van der Waals surface area contributed by atoms with E-state index in [9.17, 15) is 0 Å². The van der Waals surface area contributed by atoms with Gasteiger partial charge in [-0.2, -0.15) is 0 Å². The standard InChI is InChI=1S/C22H28N6O2S/c1-22(2)11-14-15(12-30-22)19(27-5-3-23-4-6-27)26-21-16(14)17-18(31-21)20(25-13-24-17)28-7-9-29-10-8-28/h13,23H,3-12H2,1-2H3. The number of morpholine rings is 1. The molecule has 3 aliphatic rings. The van der Waals surface area contributed by atoms with Crippen molar-refractivity contribution in [2.45, 2.75) is 32.5 Å². The molecule has 0 spiro atoms. The van der Waals surface area contributed by atoms with Crippen LogP contribution in [0.1, 0.15) is 25.0 Å². The van der Waals surface area contributed by atoms with E-state index in [-0.39, 0.29) is 5.60 Å². The molecule has 0 atom stereocenters. The van der Waals surface area contributed by atoms with Crippen molar-refractivity contribution >= 4 is 43.4 Å². The predicted octanol–water partition coefficient (Wildman–Crippen LogP) is 2.34. The Labute approximate surface area is 185 Å². The summed E-state index contributed by atoms with van der Waals surface area (Å²) in [6, 6.07) is 0. The fourth-order valence-corrected chi connectivity index (χ4v) is 6.09. The zero-order chi connectivity index (χ0) is 21.0. The van der Waals surface area contributed by atoms with Gasteiger partial charge in [0.15, 0.2) is 0 Å². The highest BCUT2D eigenvalue weighted by Gasteiger charge is 2.33. The lowest BCUT2D eigenvalue weighted by Gasteiger charge is -2.36. The summed E-state index contributed by atoms with van der Waals surface area (Å²) in [6.07, 6.45) is 2.57. The van der Waals surface area contributed by atoms with Gasteiger partial charge in [-0.25, -0.2) is 15.0 Å². The molecule has 2 saturated heterocycles. The molecule has 8 nitrogen and oxygen atoms in total. The molecule has 0 aliphatic carbocycles. The highest BCUT2D eigenvalue weighted by Crippen LogP contribution is 2.44. The van der Waals surface area contributed by atoms with Gasteiger partial charge in [0.2, 0.25) is 0 Å². The lowest BCUT2D eigenvalue weighted by Crippen LogP contribution is -2.45. The smallest absolute Gasteiger partial charge is 0.150 e. The zero-order valence-corrected chi connectivity index (χ0v) is 18.9. The maximum absolute atomic E-state index is 6.25. The van der Waals surface area contributed by atoms with E-state index in [1.165, 1.54) is 16.5 Å². The van der Waals surface area contributed by atoms with E-state index < -0.39 is 0 Å². The minimum atomic E-state index is -0.198. The number of rotatable bonds is 2. The minimum Gasteiger partial charge on any atom is -0.378 e. The Morgan fingerprint density at radius 2 is 1.77 bits per heavy atom. The SMILES string of the molecule is CC1(C)Cc2c(c(N3CCNCC3)nc3sc4c(N5CCOCC5)ncnc4c23)CO1. The van der Waals surface area contributed by atoms with Crippen molar-refractivity contribution in [3.8, 4) is 0 Å². The third-order valence-electron chi connectivity index (χ3n) is 6.51. The van der Waals surface area contributed by atoms with Crippen molar-refractivity contribution < 1.29 is 9.47 Å². The van der Waals surface area contributed by atoms with Crippen molar-refractivity contribution in [3.63, 3.8) is 0 Å². The van der Waals surface area contributed by atoms with Crippen LogP contribution in [0, 0.1) is 0 Å². The van der Waals surface area contributed by atoms with Gasteiger partial charge in [0.1, 0.15) is 22.8 Å². The number of pyridine rings is 1. The number of nitrogens with one attached hydrogen (secondary N) is 1. The molecule has 0 bridgehead atoms. The Bertz CT molecular complexity index is 1130. The van der Waals surface area contributed by atoms with E-state index in [0.717, 1.165) is 85.6 Å². The zero-order valence-electron chi connectivity index (χ0n) is 18.1. The Balaban J connectivity index is 1.58. The van der Waals surface area contributed by atoms with Gasteiger partial charge in [-0.05, 0) is 19.4 Å². The summed E-state index contributed by atoms with van der Waals surface area (Å²) in [5.41, 5.74) is 3.42. The van der Waals surface area contributed by atoms with Crippen molar-refractivity contribution in [1.29, 1.82) is 0 Å². The summed E-state index contributed by atoms with van der Waals surface area (Å²) < 4.78 is 12.9. The van der Waals surface area contributed by atoms with Crippen molar-refractivity contribution in [2.24, 2.45) is 0 Å². The molecule has 3 aromatic rings. The first kappa shape index (κ1) is 19.6. The summed E-state index contributed by atoms with van der Waals surface area (Å²) in [7, 11) is 0. The van der Waals surface area contributed by atoms with Gasteiger partial charge in [0, 0.05) is 56.6 Å². The van der Waals surface area contributed by atoms with Crippen molar-refractivity contribution in [1.82, 2.24) is 20.3 Å². The van der Waals surface area contributed by atoms with Crippen LogP contribution in [0.2, 0.25) is 0 Å². The number of ether oxygens (including phenoxy) is 2. The van der Waals surface area contributed by atoms with Gasteiger partial charge >= 0.3 is 0 Å². The summed E-state index contributed by atoms with van der Waals surface area (Å²) in [4.78, 5) is 20.4. The molecule has 0 amide bonds. The first-order valence-corrected chi connectivity index (χ1v) is 11.9. The summed E-state index contributed by atoms with van der Waals surface area (Å²) >= 11 is 1.73. The van der Waals surface area contributed by atoms with Crippen LogP contribution in [0.15, 0.2) is 6.33 Å². The molecule has 3 aliphatic heterocycles. The number of nitrogens with zero attached hydrogens (tertiary/aromatic N) is 5. The van der Waals surface area contributed by atoms with Gasteiger partial charge in [-0.3, -0.25) is 0 Å². The van der Waals surface area contributed by atoms with Crippen LogP contribution in [0.5, 0.6) is 0 Å². The number of anilines is 2. The monoisotopic (exact) mass is 440 g/mol. The molecule has 0 saturated carbocycles. The lowest BCUT2D eigenvalue weighted by molar-refractivity contribution is -0.0395. The van der Waals surface area contributed by atoms with Crippen LogP contribution in [-0.4, -0.2) is 73.0 Å². The van der Waals surface area contributed by atoms with Crippen LogP contribution in [0.4, 0.5) is 11.6 Å². The summed E-state index contributed by atoms with van der Waals surface area (Å²) in [6.45, 7) is 12.1. The van der Waals surface area contributed by atoms with Crippen molar-refractivity contribution in [3.05, 3.63) is 17.5 Å². The molecule has 6 rings (SSSR count). The first-order valence-electron chi connectivity index (χ1n) is 11.1. The number of hydrogen-bond acceptors (Lipinski definition) is 9. The first-order chi connectivity index (χ1) is 15.1. The molecular formula is C22H28N6O2S. The van der Waals surface area contributed by atoms with Crippen LogP contribution < -0.4 is 15.1 Å². The van der Waals surface area contributed by atoms with E-state index in [1.54, 1.807) is 17.7 Å². The third kappa shape index (κ3) is 3.34. The number of aromatic nitrogens is 3. The fraction of sp³-hybridized carbons (Fsp3) is 0.591. The summed E-state index contributed by atoms with van der Waals surface area (Å²) in [5.74, 6) is 2.10. The predicted molar refractivity (Wildman–Crippen MR) is 123 cm³/mol. The number of piperazine rings is 1. The van der Waals surface area contributed by atoms with Gasteiger partial charge < -0.3 is 24.6 Å². The van der Waals surface area contributed by atoms with Crippen LogP contribution in [0.3, 0.4) is 0 Å². The quantitative estimate of drug-likeness (QED) is 0.651. The highest BCUT2D eigenvalue weighted by molar-refractivity contribution is 7.26. The molecule has 1 N–H and O–H groups in total. The average molecular weight is 441 g/mol. The highest BCUT2D eigenvalue weighted by atomic mass is 32.1. The molecular weight excluding hydrogens is 412 g/mol. The Morgan fingerprint density at radius 1 is 1.00 bits per heavy atom. The third-order valence-corrected chi connectivity index (χ3v) is 7.58. The maximum atomic E-state index is 6.25. The van der Waals surface area contributed by atoms with E-state index in [1.807, 2.05) is 0 Å². The second kappa shape index (κ2) is 7.51. The van der Waals surface area contributed by atoms with E-state index >= 15 is 0 Å². The molecule has 0 unspecified atom stereocenters. The molecule has 9 heteroatoms. The Morgan fingerprint density at radius 3 is 2.58 bits per heavy atom. The molecule has 0 aromatic carbocycles. The van der Waals surface area contributed by atoms with Crippen LogP contribution in [0.25, 0.3) is 20.4 Å². The topological polar surface area (TPSA) is 75.6 Å². The van der Waals surface area contributed by atoms with E-state index in [2.05, 4.69) is 33.9 Å². The van der Waals surface area contributed by atoms with Gasteiger partial charge in [0.25, 0.3) is 0 Å². The van der Waals surface area contributed by atoms with Crippen molar-refractivity contribution in [2.75, 3.05) is 62.3 Å². The molecule has 164 valence electrons. The van der Waals surface area contributed by atoms with E-state index in [0.29, 0.717) is 6.61 Å². The summed E-state index contributed by atoms with van der Waals surface area (Å²) in [5, 5.41) is 4.64. The fourth-order valence-electron chi connectivity index (χ4n) is 4.92. The average Bonchev–Trinajstić information content (AvgIpc) is 3.18. The maximum Gasteiger partial charge on any atom is 0.150 e. The molecule has 3 aromatic heterocycles. The molecule has 0 radical (unpaired) electrons. The molecule has 31 heavy (non-hydrogen) atoms. The Kier molecular flexibility index (Phi) is 4.75. The molecule has 6 heterocycles. The number of hydrogen-bond donors (Lipinski definition) is 1. The van der Waals surface area contributed by atoms with Crippen LogP contribution in [-0.2, 0) is 22.5 Å². The Hall–Kier alpha value is -2.07. The normalized spacial score (nSPS) is 21.6. The number of thiophene rings is 1. The van der Waals surface area contributed by atoms with E-state index in [4.69, 9.17) is 19.4 Å². The second-order valence-corrected chi connectivity index (χ2v) is 10.1.